The Bertz CT molecular complexity index is 376. The first-order valence-corrected chi connectivity index (χ1v) is 6.25. The lowest BCUT2D eigenvalue weighted by molar-refractivity contribution is 0.410. The lowest BCUT2D eigenvalue weighted by Crippen LogP contribution is -2.26. The third kappa shape index (κ3) is 3.70. The van der Waals surface area contributed by atoms with Gasteiger partial charge < -0.3 is 10.1 Å². The van der Waals surface area contributed by atoms with Crippen LogP contribution in [0.15, 0.2) is 18.2 Å². The average Bonchev–Trinajstić information content (AvgIpc) is 3.11. The zero-order valence-corrected chi connectivity index (χ0v) is 10.5. The predicted molar refractivity (Wildman–Crippen MR) is 66.6 cm³/mol. The van der Waals surface area contributed by atoms with Crippen molar-refractivity contribution >= 4 is 0 Å². The summed E-state index contributed by atoms with van der Waals surface area (Å²) in [6.45, 7) is 2.75. The quantitative estimate of drug-likeness (QED) is 0.820. The largest absolute Gasteiger partial charge is 0.497 e. The zero-order chi connectivity index (χ0) is 12.3. The van der Waals surface area contributed by atoms with E-state index in [0.717, 1.165) is 5.92 Å². The van der Waals surface area contributed by atoms with Crippen molar-refractivity contribution in [3.05, 3.63) is 29.6 Å². The van der Waals surface area contributed by atoms with Crippen LogP contribution in [0, 0.1) is 11.7 Å². The maximum Gasteiger partial charge on any atom is 0.131 e. The van der Waals surface area contributed by atoms with Gasteiger partial charge in [0.2, 0.25) is 0 Å². The number of benzene rings is 1. The van der Waals surface area contributed by atoms with Crippen molar-refractivity contribution in [1.29, 1.82) is 0 Å². The molecule has 2 nitrogen and oxygen atoms in total. The van der Waals surface area contributed by atoms with E-state index in [1.165, 1.54) is 25.3 Å². The van der Waals surface area contributed by atoms with Crippen molar-refractivity contribution in [1.82, 2.24) is 5.32 Å². The topological polar surface area (TPSA) is 21.3 Å². The molecule has 1 aromatic carbocycles. The first-order valence-electron chi connectivity index (χ1n) is 6.25. The summed E-state index contributed by atoms with van der Waals surface area (Å²) < 4.78 is 18.6. The molecule has 3 heteroatoms. The molecule has 94 valence electrons. The van der Waals surface area contributed by atoms with Crippen molar-refractivity contribution in [2.75, 3.05) is 7.11 Å². The summed E-state index contributed by atoms with van der Waals surface area (Å²) in [5.74, 6) is 1.27. The van der Waals surface area contributed by atoms with Gasteiger partial charge in [0.05, 0.1) is 7.11 Å². The van der Waals surface area contributed by atoms with E-state index in [1.54, 1.807) is 19.2 Å². The molecule has 0 radical (unpaired) electrons. The minimum Gasteiger partial charge on any atom is -0.497 e. The smallest absolute Gasteiger partial charge is 0.131 e. The molecule has 0 amide bonds. The molecule has 1 aliphatic carbocycles. The SMILES string of the molecule is COc1ccc(CNC(C)CC2CC2)c(F)c1. The van der Waals surface area contributed by atoms with Crippen LogP contribution < -0.4 is 10.1 Å². The van der Waals surface area contributed by atoms with E-state index < -0.39 is 0 Å². The molecule has 1 fully saturated rings. The van der Waals surface area contributed by atoms with Gasteiger partial charge in [-0.25, -0.2) is 4.39 Å². The predicted octanol–water partition coefficient (Wildman–Crippen LogP) is 3.11. The van der Waals surface area contributed by atoms with Crippen molar-refractivity contribution in [3.8, 4) is 5.75 Å². The number of methoxy groups -OCH3 is 1. The molecule has 0 saturated heterocycles. The van der Waals surface area contributed by atoms with Crippen LogP contribution in [0.3, 0.4) is 0 Å². The fourth-order valence-electron chi connectivity index (χ4n) is 2.02. The molecular weight excluding hydrogens is 217 g/mol. The molecule has 0 aromatic heterocycles. The Morgan fingerprint density at radius 1 is 1.47 bits per heavy atom. The number of hydrogen-bond acceptors (Lipinski definition) is 2. The molecule has 1 aromatic rings. The summed E-state index contributed by atoms with van der Waals surface area (Å²) in [7, 11) is 1.55. The molecule has 1 saturated carbocycles. The summed E-state index contributed by atoms with van der Waals surface area (Å²) in [5, 5.41) is 3.37. The van der Waals surface area contributed by atoms with Crippen molar-refractivity contribution in [3.63, 3.8) is 0 Å². The van der Waals surface area contributed by atoms with Gasteiger partial charge in [0, 0.05) is 24.2 Å². The Morgan fingerprint density at radius 3 is 2.82 bits per heavy atom. The van der Waals surface area contributed by atoms with Gasteiger partial charge in [-0.15, -0.1) is 0 Å². The standard InChI is InChI=1S/C14H20FNO/c1-10(7-11-3-4-11)16-9-12-5-6-13(17-2)8-14(12)15/h5-6,8,10-11,16H,3-4,7,9H2,1-2H3. The molecule has 0 aliphatic heterocycles. The van der Waals surface area contributed by atoms with E-state index >= 15 is 0 Å². The first kappa shape index (κ1) is 12.4. The molecule has 0 heterocycles. The molecule has 0 spiro atoms. The van der Waals surface area contributed by atoms with Gasteiger partial charge in [-0.1, -0.05) is 18.9 Å². The molecular formula is C14H20FNO. The highest BCUT2D eigenvalue weighted by atomic mass is 19.1. The van der Waals surface area contributed by atoms with Crippen LogP contribution in [-0.4, -0.2) is 13.2 Å². The van der Waals surface area contributed by atoms with Crippen LogP contribution in [-0.2, 0) is 6.54 Å². The lowest BCUT2D eigenvalue weighted by atomic mass is 10.1. The van der Waals surface area contributed by atoms with E-state index in [1.807, 2.05) is 0 Å². The van der Waals surface area contributed by atoms with Crippen molar-refractivity contribution < 1.29 is 9.13 Å². The second-order valence-corrected chi connectivity index (χ2v) is 4.92. The third-order valence-electron chi connectivity index (χ3n) is 3.29. The van der Waals surface area contributed by atoms with E-state index in [0.29, 0.717) is 23.9 Å². The van der Waals surface area contributed by atoms with Crippen LogP contribution in [0.1, 0.15) is 31.7 Å². The highest BCUT2D eigenvalue weighted by Crippen LogP contribution is 2.33. The van der Waals surface area contributed by atoms with E-state index in [9.17, 15) is 4.39 Å². The van der Waals surface area contributed by atoms with Gasteiger partial charge in [0.1, 0.15) is 11.6 Å². The van der Waals surface area contributed by atoms with Crippen molar-refractivity contribution in [2.45, 2.75) is 38.8 Å². The molecule has 2 rings (SSSR count). The maximum absolute atomic E-state index is 13.6. The number of ether oxygens (including phenoxy) is 1. The van der Waals surface area contributed by atoms with E-state index in [-0.39, 0.29) is 5.82 Å². The number of rotatable bonds is 6. The fourth-order valence-corrected chi connectivity index (χ4v) is 2.02. The van der Waals surface area contributed by atoms with Gasteiger partial charge in [-0.05, 0) is 25.3 Å². The Balaban J connectivity index is 1.84. The molecule has 1 unspecified atom stereocenters. The molecule has 1 aliphatic rings. The molecule has 17 heavy (non-hydrogen) atoms. The highest BCUT2D eigenvalue weighted by molar-refractivity contribution is 5.28. The van der Waals surface area contributed by atoms with Crippen LogP contribution in [0.2, 0.25) is 0 Å². The summed E-state index contributed by atoms with van der Waals surface area (Å²) >= 11 is 0. The van der Waals surface area contributed by atoms with E-state index in [2.05, 4.69) is 12.2 Å². The van der Waals surface area contributed by atoms with Gasteiger partial charge in [-0.3, -0.25) is 0 Å². The Morgan fingerprint density at radius 2 is 2.24 bits per heavy atom. The summed E-state index contributed by atoms with van der Waals surface area (Å²) in [5.41, 5.74) is 0.702. The number of halogens is 1. The lowest BCUT2D eigenvalue weighted by Gasteiger charge is -2.14. The van der Waals surface area contributed by atoms with Crippen LogP contribution in [0.5, 0.6) is 5.75 Å². The minimum atomic E-state index is -0.199. The van der Waals surface area contributed by atoms with Gasteiger partial charge in [-0.2, -0.15) is 0 Å². The second kappa shape index (κ2) is 5.50. The first-order chi connectivity index (χ1) is 8.19. The average molecular weight is 237 g/mol. The zero-order valence-electron chi connectivity index (χ0n) is 10.5. The van der Waals surface area contributed by atoms with Gasteiger partial charge in [0.15, 0.2) is 0 Å². The molecule has 0 bridgehead atoms. The third-order valence-corrected chi connectivity index (χ3v) is 3.29. The summed E-state index contributed by atoms with van der Waals surface area (Å²) in [6.07, 6.45) is 3.93. The van der Waals surface area contributed by atoms with Crippen molar-refractivity contribution in [2.24, 2.45) is 5.92 Å². The summed E-state index contributed by atoms with van der Waals surface area (Å²) in [6, 6.07) is 5.48. The van der Waals surface area contributed by atoms with Crippen LogP contribution in [0.25, 0.3) is 0 Å². The van der Waals surface area contributed by atoms with Crippen LogP contribution >= 0.6 is 0 Å². The maximum atomic E-state index is 13.6. The monoisotopic (exact) mass is 237 g/mol. The van der Waals surface area contributed by atoms with E-state index in [4.69, 9.17) is 4.74 Å². The Hall–Kier alpha value is -1.09. The Labute approximate surface area is 102 Å². The second-order valence-electron chi connectivity index (χ2n) is 4.92. The minimum absolute atomic E-state index is 0.199. The van der Waals surface area contributed by atoms with Gasteiger partial charge in [0.25, 0.3) is 0 Å². The molecule has 1 N–H and O–H groups in total. The Kier molecular flexibility index (Phi) is 4.00. The number of hydrogen-bond donors (Lipinski definition) is 1. The normalized spacial score (nSPS) is 16.9. The van der Waals surface area contributed by atoms with Crippen LogP contribution in [0.4, 0.5) is 4.39 Å². The molecule has 1 atom stereocenters. The van der Waals surface area contributed by atoms with Gasteiger partial charge >= 0.3 is 0 Å². The summed E-state index contributed by atoms with van der Waals surface area (Å²) in [4.78, 5) is 0. The highest BCUT2D eigenvalue weighted by Gasteiger charge is 2.23. The number of nitrogens with one attached hydrogen (secondary N) is 1. The fraction of sp³-hybridized carbons (Fsp3) is 0.571.